The Labute approximate surface area is 169 Å². The van der Waals surface area contributed by atoms with Gasteiger partial charge < -0.3 is 10.6 Å². The molecule has 0 unspecified atom stereocenters. The van der Waals surface area contributed by atoms with Crippen LogP contribution >= 0.6 is 0 Å². The zero-order chi connectivity index (χ0) is 20.8. The predicted octanol–water partition coefficient (Wildman–Crippen LogP) is 4.06. The molecule has 0 bridgehead atoms. The number of nitrogens with zero attached hydrogens (tertiary/aromatic N) is 1. The first-order valence-electron chi connectivity index (χ1n) is 9.30. The molecule has 148 valence electrons. The molecule has 5 nitrogen and oxygen atoms in total. The fraction of sp³-hybridized carbons (Fsp3) is 0.174. The van der Waals surface area contributed by atoms with Crippen molar-refractivity contribution in [2.75, 3.05) is 11.9 Å². The second-order valence-electron chi connectivity index (χ2n) is 6.87. The van der Waals surface area contributed by atoms with Gasteiger partial charge in [0.2, 0.25) is 0 Å². The Kier molecular flexibility index (Phi) is 6.34. The summed E-state index contributed by atoms with van der Waals surface area (Å²) < 4.78 is 12.9. The van der Waals surface area contributed by atoms with Crippen molar-refractivity contribution in [1.82, 2.24) is 10.3 Å². The number of hydrogen-bond acceptors (Lipinski definition) is 3. The van der Waals surface area contributed by atoms with Crippen LogP contribution in [0.15, 0.2) is 60.7 Å². The molecule has 3 rings (SSSR count). The second-order valence-corrected chi connectivity index (χ2v) is 6.87. The van der Waals surface area contributed by atoms with Gasteiger partial charge in [0, 0.05) is 12.2 Å². The van der Waals surface area contributed by atoms with Crippen LogP contribution in [-0.2, 0) is 6.42 Å². The summed E-state index contributed by atoms with van der Waals surface area (Å²) >= 11 is 0. The Morgan fingerprint density at radius 1 is 0.897 bits per heavy atom. The lowest BCUT2D eigenvalue weighted by Crippen LogP contribution is -2.27. The Morgan fingerprint density at radius 3 is 2.17 bits per heavy atom. The predicted molar refractivity (Wildman–Crippen MR) is 111 cm³/mol. The van der Waals surface area contributed by atoms with Crippen molar-refractivity contribution in [3.8, 4) is 0 Å². The number of amides is 2. The van der Waals surface area contributed by atoms with E-state index in [2.05, 4.69) is 15.6 Å². The van der Waals surface area contributed by atoms with E-state index in [9.17, 15) is 14.0 Å². The molecule has 0 aliphatic rings. The molecule has 0 radical (unpaired) electrons. The summed E-state index contributed by atoms with van der Waals surface area (Å²) in [7, 11) is 0. The van der Waals surface area contributed by atoms with Gasteiger partial charge in [-0.2, -0.15) is 0 Å². The van der Waals surface area contributed by atoms with Gasteiger partial charge in [-0.25, -0.2) is 9.37 Å². The number of aryl methyl sites for hydroxylation is 2. The largest absolute Gasteiger partial charge is 0.350 e. The number of carbonyl (C=O) groups excluding carboxylic acids is 2. The van der Waals surface area contributed by atoms with Gasteiger partial charge in [-0.3, -0.25) is 9.59 Å². The summed E-state index contributed by atoms with van der Waals surface area (Å²) in [5.41, 5.74) is 4.02. The first-order chi connectivity index (χ1) is 13.9. The molecular weight excluding hydrogens is 369 g/mol. The molecule has 0 spiro atoms. The molecule has 0 aliphatic heterocycles. The van der Waals surface area contributed by atoms with Crippen LogP contribution < -0.4 is 10.6 Å². The number of carbonyl (C=O) groups is 2. The van der Waals surface area contributed by atoms with Gasteiger partial charge in [0.1, 0.15) is 17.2 Å². The van der Waals surface area contributed by atoms with Gasteiger partial charge in [-0.1, -0.05) is 24.3 Å². The van der Waals surface area contributed by atoms with Gasteiger partial charge in [-0.05, 0) is 73.4 Å². The zero-order valence-electron chi connectivity index (χ0n) is 16.3. The van der Waals surface area contributed by atoms with Gasteiger partial charge in [0.05, 0.1) is 0 Å². The molecule has 29 heavy (non-hydrogen) atoms. The molecule has 0 atom stereocenters. The second kappa shape index (κ2) is 9.10. The average Bonchev–Trinajstić information content (AvgIpc) is 2.68. The zero-order valence-corrected chi connectivity index (χ0v) is 16.3. The Bertz CT molecular complexity index is 1010. The summed E-state index contributed by atoms with van der Waals surface area (Å²) in [5.74, 6) is -1.04. The lowest BCUT2D eigenvalue weighted by Gasteiger charge is -2.09. The van der Waals surface area contributed by atoms with Crippen molar-refractivity contribution >= 4 is 17.5 Å². The number of halogens is 1. The van der Waals surface area contributed by atoms with Gasteiger partial charge in [0.25, 0.3) is 11.8 Å². The maximum Gasteiger partial charge on any atom is 0.274 e. The number of rotatable bonds is 6. The van der Waals surface area contributed by atoms with Crippen LogP contribution in [0, 0.1) is 19.7 Å². The Balaban J connectivity index is 1.61. The third-order valence-electron chi connectivity index (χ3n) is 4.31. The number of nitrogens with one attached hydrogen (secondary N) is 2. The van der Waals surface area contributed by atoms with E-state index in [0.29, 0.717) is 18.7 Å². The summed E-state index contributed by atoms with van der Waals surface area (Å²) in [6, 6.07) is 16.6. The first-order valence-corrected chi connectivity index (χ1v) is 9.30. The molecule has 2 amide bonds. The van der Waals surface area contributed by atoms with E-state index >= 15 is 0 Å². The quantitative estimate of drug-likeness (QED) is 0.666. The maximum atomic E-state index is 12.9. The summed E-state index contributed by atoms with van der Waals surface area (Å²) in [6.07, 6.45) is 0.568. The van der Waals surface area contributed by atoms with Crippen LogP contribution in [0.5, 0.6) is 0 Å². The van der Waals surface area contributed by atoms with Gasteiger partial charge in [0.15, 0.2) is 0 Å². The fourth-order valence-corrected chi connectivity index (χ4v) is 2.99. The van der Waals surface area contributed by atoms with Crippen molar-refractivity contribution in [3.63, 3.8) is 0 Å². The lowest BCUT2D eigenvalue weighted by atomic mass is 10.1. The number of anilines is 1. The number of pyridine rings is 1. The summed E-state index contributed by atoms with van der Waals surface area (Å²) in [6.45, 7) is 4.29. The molecular formula is C23H22FN3O2. The Morgan fingerprint density at radius 2 is 1.52 bits per heavy atom. The van der Waals surface area contributed by atoms with E-state index in [1.54, 1.807) is 30.3 Å². The van der Waals surface area contributed by atoms with E-state index in [0.717, 1.165) is 16.7 Å². The highest BCUT2D eigenvalue weighted by Gasteiger charge is 2.13. The Hall–Kier alpha value is -3.54. The van der Waals surface area contributed by atoms with Gasteiger partial charge in [-0.15, -0.1) is 0 Å². The van der Waals surface area contributed by atoms with E-state index in [1.807, 2.05) is 32.0 Å². The molecule has 2 N–H and O–H groups in total. The molecule has 0 aliphatic carbocycles. The molecule has 6 heteroatoms. The van der Waals surface area contributed by atoms with E-state index in [1.165, 1.54) is 12.1 Å². The first kappa shape index (κ1) is 20.2. The third kappa shape index (κ3) is 5.72. The number of benzene rings is 2. The van der Waals surface area contributed by atoms with Crippen LogP contribution in [-0.4, -0.2) is 23.3 Å². The number of hydrogen-bond donors (Lipinski definition) is 2. The lowest BCUT2D eigenvalue weighted by molar-refractivity contribution is 0.0949. The molecule has 0 saturated carbocycles. The average molecular weight is 391 g/mol. The smallest absolute Gasteiger partial charge is 0.274 e. The minimum Gasteiger partial charge on any atom is -0.350 e. The van der Waals surface area contributed by atoms with Crippen molar-refractivity contribution < 1.29 is 14.0 Å². The highest BCUT2D eigenvalue weighted by Crippen LogP contribution is 2.15. The molecule has 0 saturated heterocycles. The molecule has 2 aromatic carbocycles. The van der Waals surface area contributed by atoms with Gasteiger partial charge >= 0.3 is 0 Å². The molecule has 1 aromatic heterocycles. The molecule has 0 fully saturated rings. The van der Waals surface area contributed by atoms with E-state index in [4.69, 9.17) is 0 Å². The van der Waals surface area contributed by atoms with E-state index in [-0.39, 0.29) is 29.0 Å². The van der Waals surface area contributed by atoms with E-state index < -0.39 is 0 Å². The summed E-state index contributed by atoms with van der Waals surface area (Å²) in [4.78, 5) is 29.0. The van der Waals surface area contributed by atoms with Crippen molar-refractivity contribution in [1.29, 1.82) is 0 Å². The van der Waals surface area contributed by atoms with Crippen LogP contribution in [0.1, 0.15) is 37.7 Å². The van der Waals surface area contributed by atoms with Crippen molar-refractivity contribution in [2.24, 2.45) is 0 Å². The monoisotopic (exact) mass is 391 g/mol. The van der Waals surface area contributed by atoms with Crippen molar-refractivity contribution in [2.45, 2.75) is 20.3 Å². The standard InChI is InChI=1S/C23H22FN3O2/c1-15-12-16(2)14-19(13-15)26-23(29)21-5-3-4-20(27-21)22(28)25-11-10-17-6-8-18(24)9-7-17/h3-9,12-14H,10-11H2,1-2H3,(H,25,28)(H,26,29). The highest BCUT2D eigenvalue weighted by atomic mass is 19.1. The maximum absolute atomic E-state index is 12.9. The molecule has 3 aromatic rings. The highest BCUT2D eigenvalue weighted by molar-refractivity contribution is 6.03. The van der Waals surface area contributed by atoms with Crippen molar-refractivity contribution in [3.05, 3.63) is 94.6 Å². The third-order valence-corrected chi connectivity index (χ3v) is 4.31. The van der Waals surface area contributed by atoms with Crippen LogP contribution in [0.25, 0.3) is 0 Å². The SMILES string of the molecule is Cc1cc(C)cc(NC(=O)c2cccc(C(=O)NCCc3ccc(F)cc3)n2)c1. The minimum absolute atomic E-state index is 0.162. The summed E-state index contributed by atoms with van der Waals surface area (Å²) in [5, 5.41) is 5.58. The van der Waals surface area contributed by atoms with Crippen LogP contribution in [0.4, 0.5) is 10.1 Å². The normalized spacial score (nSPS) is 10.4. The molecule has 1 heterocycles. The van der Waals surface area contributed by atoms with Crippen LogP contribution in [0.3, 0.4) is 0 Å². The topological polar surface area (TPSA) is 71.1 Å². The number of aromatic nitrogens is 1. The fourth-order valence-electron chi connectivity index (χ4n) is 2.99. The van der Waals surface area contributed by atoms with Crippen LogP contribution in [0.2, 0.25) is 0 Å². The minimum atomic E-state index is -0.379.